The van der Waals surface area contributed by atoms with Gasteiger partial charge in [0.25, 0.3) is 0 Å². The van der Waals surface area contributed by atoms with Gasteiger partial charge in [0.1, 0.15) is 0 Å². The highest BCUT2D eigenvalue weighted by molar-refractivity contribution is 14.2. The van der Waals surface area contributed by atoms with Gasteiger partial charge in [0, 0.05) is 7.14 Å². The molecule has 0 radical (unpaired) electrons. The van der Waals surface area contributed by atoms with Crippen molar-refractivity contribution in [1.82, 2.24) is 0 Å². The van der Waals surface area contributed by atoms with Gasteiger partial charge in [-0.2, -0.15) is 0 Å². The van der Waals surface area contributed by atoms with Crippen LogP contribution in [0, 0.1) is 7.14 Å². The fraction of sp³-hybridized carbons (Fsp3) is 0. The quantitative estimate of drug-likeness (QED) is 0.759. The van der Waals surface area contributed by atoms with Crippen LogP contribution in [0.25, 0.3) is 0 Å². The first-order valence-corrected chi connectivity index (χ1v) is 6.43. The van der Waals surface area contributed by atoms with Gasteiger partial charge in [0.05, 0.1) is 0 Å². The van der Waals surface area contributed by atoms with Crippen molar-refractivity contribution in [3.63, 3.8) is 0 Å². The molecule has 2 nitrogen and oxygen atoms in total. The average molecular weight is 362 g/mol. The molecule has 0 aliphatic rings. The molecule has 4 heteroatoms. The average Bonchev–Trinajstić information content (AvgIpc) is 2.05. The number of halogens is 2. The van der Waals surface area contributed by atoms with Crippen molar-refractivity contribution >= 4 is 42.4 Å². The molecule has 0 aromatic heterocycles. The monoisotopic (exact) mass is 362 g/mol. The van der Waals surface area contributed by atoms with Gasteiger partial charge in [-0.05, 0) is 18.2 Å². The fourth-order valence-corrected chi connectivity index (χ4v) is 2.79. The van der Waals surface area contributed by atoms with Crippen molar-refractivity contribution < 1.29 is 6.14 Å². The van der Waals surface area contributed by atoms with Crippen molar-refractivity contribution in [2.45, 2.75) is 0 Å². The summed E-state index contributed by atoms with van der Waals surface area (Å²) in [5.74, 6) is 0. The van der Waals surface area contributed by atoms with E-state index in [4.69, 9.17) is 0 Å². The van der Waals surface area contributed by atoms with Crippen molar-refractivity contribution in [3.05, 3.63) is 31.4 Å². The molecule has 0 aliphatic carbocycles. The molecule has 0 heterocycles. The molecule has 54 valence electrons. The van der Waals surface area contributed by atoms with E-state index in [1.165, 1.54) is 0 Å². The number of hydrogen-bond donors (Lipinski definition) is 0. The Kier molecular flexibility index (Phi) is 3.53. The Bertz CT molecular complexity index is 236. The van der Waals surface area contributed by atoms with Crippen molar-refractivity contribution in [3.8, 4) is 0 Å². The fourth-order valence-electron chi connectivity index (χ4n) is 0.556. The molecule has 0 unspecified atom stereocenters. The van der Waals surface area contributed by atoms with Gasteiger partial charge in [-0.3, -0.25) is 6.14 Å². The van der Waals surface area contributed by atoms with Crippen LogP contribution in [0.3, 0.4) is 0 Å². The SMILES string of the molecule is O=Ic1cccc(I=O)c1. The van der Waals surface area contributed by atoms with Gasteiger partial charge >= 0.3 is 0 Å². The summed E-state index contributed by atoms with van der Waals surface area (Å²) in [6.45, 7) is 0. The van der Waals surface area contributed by atoms with Crippen molar-refractivity contribution in [1.29, 1.82) is 0 Å². The lowest BCUT2D eigenvalue weighted by molar-refractivity contribution is 0.647. The maximum absolute atomic E-state index is 10.4. The summed E-state index contributed by atoms with van der Waals surface area (Å²) < 4.78 is 22.5. The lowest BCUT2D eigenvalue weighted by atomic mass is 10.4. The summed E-state index contributed by atoms with van der Waals surface area (Å²) in [4.78, 5) is 0. The highest BCUT2D eigenvalue weighted by atomic mass is 127. The summed E-state index contributed by atoms with van der Waals surface area (Å²) >= 11 is -2.17. The van der Waals surface area contributed by atoms with E-state index in [0.29, 0.717) is 0 Å². The van der Waals surface area contributed by atoms with Gasteiger partial charge in [-0.1, -0.05) is 6.07 Å². The van der Waals surface area contributed by atoms with E-state index in [1.54, 1.807) is 24.3 Å². The molecular formula is C6H4I2O2. The highest BCUT2D eigenvalue weighted by Crippen LogP contribution is 2.15. The molecule has 0 N–H and O–H groups in total. The summed E-state index contributed by atoms with van der Waals surface area (Å²) in [6.07, 6.45) is 0. The Hall–Kier alpha value is 0.280. The second-order valence-corrected chi connectivity index (χ2v) is 4.97. The van der Waals surface area contributed by atoms with Crippen LogP contribution in [0.5, 0.6) is 0 Å². The minimum Gasteiger partial charge on any atom is -0.265 e. The zero-order valence-electron chi connectivity index (χ0n) is 4.88. The van der Waals surface area contributed by atoms with Gasteiger partial charge in [-0.25, -0.2) is 0 Å². The summed E-state index contributed by atoms with van der Waals surface area (Å²) in [5, 5.41) is 0. The maximum Gasteiger partial charge on any atom is 0.182 e. The number of rotatable bonds is 2. The first-order chi connectivity index (χ1) is 4.86. The van der Waals surface area contributed by atoms with Crippen molar-refractivity contribution in [2.24, 2.45) is 0 Å². The Labute approximate surface area is 79.3 Å². The van der Waals surface area contributed by atoms with Crippen LogP contribution in [0.2, 0.25) is 0 Å². The molecule has 0 bridgehead atoms. The molecule has 1 aromatic carbocycles. The normalized spacial score (nSPS) is 9.60. The van der Waals surface area contributed by atoms with Gasteiger partial charge in [0.2, 0.25) is 0 Å². The third-order valence-corrected chi connectivity index (χ3v) is 3.32. The zero-order valence-corrected chi connectivity index (χ0v) is 9.20. The van der Waals surface area contributed by atoms with E-state index < -0.39 is 42.4 Å². The topological polar surface area (TPSA) is 34.1 Å². The molecule has 0 saturated carbocycles. The summed E-state index contributed by atoms with van der Waals surface area (Å²) in [7, 11) is 0. The summed E-state index contributed by atoms with van der Waals surface area (Å²) in [5.41, 5.74) is 0. The zero-order chi connectivity index (χ0) is 7.40. The van der Waals surface area contributed by atoms with Gasteiger partial charge in [-0.15, -0.1) is 0 Å². The van der Waals surface area contributed by atoms with E-state index in [0.717, 1.165) is 7.14 Å². The molecule has 10 heavy (non-hydrogen) atoms. The predicted octanol–water partition coefficient (Wildman–Crippen LogP) is 2.66. The van der Waals surface area contributed by atoms with Crippen LogP contribution in [0.1, 0.15) is 0 Å². The van der Waals surface area contributed by atoms with Crippen molar-refractivity contribution in [2.75, 3.05) is 0 Å². The third kappa shape index (κ3) is 2.15. The first-order valence-electron chi connectivity index (χ1n) is 2.51. The molecule has 0 saturated heterocycles. The first kappa shape index (κ1) is 8.38. The van der Waals surface area contributed by atoms with Crippen LogP contribution in [0.15, 0.2) is 24.3 Å². The molecule has 0 amide bonds. The second-order valence-electron chi connectivity index (χ2n) is 1.59. The van der Waals surface area contributed by atoms with Crippen LogP contribution in [-0.4, -0.2) is 0 Å². The second kappa shape index (κ2) is 4.22. The highest BCUT2D eigenvalue weighted by Gasteiger charge is 1.92. The lowest BCUT2D eigenvalue weighted by Gasteiger charge is -1.87. The minimum absolute atomic E-state index is 0.826. The smallest absolute Gasteiger partial charge is 0.182 e. The lowest BCUT2D eigenvalue weighted by Crippen LogP contribution is -1.72. The van der Waals surface area contributed by atoms with E-state index in [2.05, 4.69) is 0 Å². The van der Waals surface area contributed by atoms with E-state index >= 15 is 0 Å². The Balaban J connectivity index is 3.09. The third-order valence-electron chi connectivity index (χ3n) is 0.965. The van der Waals surface area contributed by atoms with Crippen LogP contribution >= 0.6 is 42.4 Å². The van der Waals surface area contributed by atoms with Gasteiger partial charge in [0.15, 0.2) is 42.4 Å². The number of hydrogen-bond acceptors (Lipinski definition) is 2. The van der Waals surface area contributed by atoms with Gasteiger partial charge < -0.3 is 0 Å². The Morgan fingerprint density at radius 2 is 1.50 bits per heavy atom. The van der Waals surface area contributed by atoms with E-state index in [-0.39, 0.29) is 0 Å². The van der Waals surface area contributed by atoms with Crippen LogP contribution in [0.4, 0.5) is 0 Å². The minimum atomic E-state index is -1.08. The molecule has 0 aliphatic heterocycles. The standard InChI is InChI=1S/C6H4I2O2/c9-7-5-2-1-3-6(4-5)8-10/h1-4H. The maximum atomic E-state index is 10.4. The molecular weight excluding hydrogens is 358 g/mol. The molecule has 0 fully saturated rings. The van der Waals surface area contributed by atoms with Crippen LogP contribution < -0.4 is 0 Å². The van der Waals surface area contributed by atoms with E-state index in [1.807, 2.05) is 0 Å². The largest absolute Gasteiger partial charge is 0.265 e. The molecule has 1 rings (SSSR count). The molecule has 0 spiro atoms. The predicted molar refractivity (Wildman–Crippen MR) is 53.2 cm³/mol. The molecule has 1 aromatic rings. The Morgan fingerprint density at radius 3 is 1.90 bits per heavy atom. The van der Waals surface area contributed by atoms with Crippen LogP contribution in [-0.2, 0) is 6.14 Å². The molecule has 0 atom stereocenters. The van der Waals surface area contributed by atoms with E-state index in [9.17, 15) is 6.14 Å². The Morgan fingerprint density at radius 1 is 1.00 bits per heavy atom. The number of benzene rings is 1. The summed E-state index contributed by atoms with van der Waals surface area (Å²) in [6, 6.07) is 7.13.